The van der Waals surface area contributed by atoms with Gasteiger partial charge in [0.2, 0.25) is 0 Å². The van der Waals surface area contributed by atoms with E-state index in [1.807, 2.05) is 0 Å². The van der Waals surface area contributed by atoms with Crippen molar-refractivity contribution < 1.29 is 5.48 Å². The Labute approximate surface area is 40.6 Å². The molecule has 0 aliphatic rings. The van der Waals surface area contributed by atoms with Crippen molar-refractivity contribution in [1.82, 2.24) is 6.15 Å². The van der Waals surface area contributed by atoms with Gasteiger partial charge in [-0.15, -0.1) is 0 Å². The SMILES string of the molecule is [Al].[N].[O].[Si]. The van der Waals surface area contributed by atoms with Crippen LogP contribution in [0.5, 0.6) is 0 Å². The Bertz CT molecular complexity index is 8.00. The van der Waals surface area contributed by atoms with Gasteiger partial charge in [-0.3, -0.25) is 0 Å². The van der Waals surface area contributed by atoms with Gasteiger partial charge in [-0.1, -0.05) is 0 Å². The normalized spacial score (nSPS) is 0. The van der Waals surface area contributed by atoms with Crippen molar-refractivity contribution in [2.24, 2.45) is 0 Å². The molecule has 0 heterocycles. The maximum Gasteiger partial charge on any atom is 0 e. The summed E-state index contributed by atoms with van der Waals surface area (Å²) in [7, 11) is 0. The zero-order valence-corrected chi connectivity index (χ0v) is 4.09. The first-order chi connectivity index (χ1) is 0. The van der Waals surface area contributed by atoms with Crippen molar-refractivity contribution in [2.75, 3.05) is 0 Å². The van der Waals surface area contributed by atoms with Crippen LogP contribution in [-0.4, -0.2) is 28.3 Å². The molecular formula is AlNOSi. The molecule has 0 saturated carbocycles. The lowest BCUT2D eigenvalue weighted by Crippen LogP contribution is -0.481. The van der Waals surface area contributed by atoms with E-state index in [0.29, 0.717) is 0 Å². The second-order valence-corrected chi connectivity index (χ2v) is 0. The molecule has 0 bridgehead atoms. The van der Waals surface area contributed by atoms with Gasteiger partial charge in [0.05, 0.1) is 0 Å². The van der Waals surface area contributed by atoms with Crippen LogP contribution in [0.2, 0.25) is 0 Å². The fourth-order valence-electron chi connectivity index (χ4n) is 0. The second-order valence-electron chi connectivity index (χ2n) is 0. The first-order valence-corrected chi connectivity index (χ1v) is 0. The predicted octanol–water partition coefficient (Wildman–Crippen LogP) is -1.36. The number of nitrogens with zero attached hydrogens (tertiary/aromatic N) is 1. The Morgan fingerprint density at radius 1 is 1.00 bits per heavy atom. The molecule has 0 atom stereocenters. The topological polar surface area (TPSA) is 59.0 Å². The van der Waals surface area contributed by atoms with E-state index in [-0.39, 0.29) is 40.0 Å². The summed E-state index contributed by atoms with van der Waals surface area (Å²) in [4.78, 5) is 0. The number of hydrogen-bond acceptors (Lipinski definition) is 0. The summed E-state index contributed by atoms with van der Waals surface area (Å²) in [5, 5.41) is 0. The van der Waals surface area contributed by atoms with E-state index in [2.05, 4.69) is 0 Å². The molecule has 0 aromatic heterocycles. The van der Waals surface area contributed by atoms with E-state index in [4.69, 9.17) is 0 Å². The van der Waals surface area contributed by atoms with Crippen LogP contribution >= 0.6 is 0 Å². The summed E-state index contributed by atoms with van der Waals surface area (Å²) in [5.41, 5.74) is 0. The molecule has 0 N–H and O–H groups in total. The minimum atomic E-state index is 0. The van der Waals surface area contributed by atoms with E-state index in [1.54, 1.807) is 0 Å². The maximum atomic E-state index is 0. The van der Waals surface area contributed by atoms with Crippen molar-refractivity contribution in [3.8, 4) is 0 Å². The monoisotopic (exact) mass is 85.0 g/mol. The molecule has 0 aromatic carbocycles. The van der Waals surface area contributed by atoms with E-state index < -0.39 is 0 Å². The molecule has 0 spiro atoms. The van der Waals surface area contributed by atoms with Crippen LogP contribution < -0.4 is 6.15 Å². The van der Waals surface area contributed by atoms with Gasteiger partial charge in [-0.2, -0.15) is 0 Å². The van der Waals surface area contributed by atoms with Crippen LogP contribution in [0.25, 0.3) is 0 Å². The minimum Gasteiger partial charge on any atom is 0 e. The molecule has 0 aromatic rings. The molecule has 0 aliphatic carbocycles. The largest absolute Gasteiger partial charge is 0 e. The smallest absolute Gasteiger partial charge is 0 e. The molecule has 4 heavy (non-hydrogen) atoms. The zero-order valence-electron chi connectivity index (χ0n) is 1.93. The van der Waals surface area contributed by atoms with Crippen LogP contribution in [-0.2, 0) is 5.48 Å². The quantitative estimate of drug-likeness (QED) is 0.326. The molecule has 0 fully saturated rings. The molecule has 0 amide bonds. The first-order valence-electron chi connectivity index (χ1n) is 0. The van der Waals surface area contributed by atoms with E-state index in [1.165, 1.54) is 0 Å². The van der Waals surface area contributed by atoms with Crippen LogP contribution in [0, 0.1) is 0 Å². The molecule has 0 aliphatic heterocycles. The molecular weight excluding hydrogens is 85.1 g/mol. The fraction of sp³-hybridized carbons (Fsp3) is 0. The van der Waals surface area contributed by atoms with Crippen molar-refractivity contribution in [2.45, 2.75) is 0 Å². The molecule has 12 radical (unpaired) electrons. The van der Waals surface area contributed by atoms with Gasteiger partial charge in [0.1, 0.15) is 0 Å². The third-order valence-electron chi connectivity index (χ3n) is 0. The van der Waals surface area contributed by atoms with Gasteiger partial charge in [-0.25, -0.2) is 0 Å². The highest BCUT2D eigenvalue weighted by atomic mass is 28.1. The number of hydrogen-bond donors (Lipinski definition) is 0. The molecule has 0 saturated heterocycles. The Balaban J connectivity index is 0. The second kappa shape index (κ2) is 58.4. The highest BCUT2D eigenvalue weighted by molar-refractivity contribution is 5.76. The number of rotatable bonds is 0. The van der Waals surface area contributed by atoms with Gasteiger partial charge in [0.15, 0.2) is 0 Å². The lowest BCUT2D eigenvalue weighted by Gasteiger charge is -0.00100. The van der Waals surface area contributed by atoms with Crippen LogP contribution in [0.1, 0.15) is 0 Å². The van der Waals surface area contributed by atoms with Crippen molar-refractivity contribution in [3.63, 3.8) is 0 Å². The third kappa shape index (κ3) is 16.6. The molecule has 4 heteroatoms. The van der Waals surface area contributed by atoms with Crippen molar-refractivity contribution in [1.29, 1.82) is 0 Å². The van der Waals surface area contributed by atoms with Crippen molar-refractivity contribution in [3.05, 3.63) is 0 Å². The van der Waals surface area contributed by atoms with E-state index >= 15 is 0 Å². The molecule has 18 valence electrons. The fourth-order valence-corrected chi connectivity index (χ4v) is 0. The maximum absolute atomic E-state index is 0. The summed E-state index contributed by atoms with van der Waals surface area (Å²) in [6, 6.07) is 0. The van der Waals surface area contributed by atoms with Gasteiger partial charge in [0.25, 0.3) is 0 Å². The van der Waals surface area contributed by atoms with Gasteiger partial charge >= 0.3 is 0 Å². The molecule has 2 nitrogen and oxygen atoms in total. The van der Waals surface area contributed by atoms with Crippen LogP contribution in [0.3, 0.4) is 0 Å². The Morgan fingerprint density at radius 2 is 1.00 bits per heavy atom. The van der Waals surface area contributed by atoms with E-state index in [0.717, 1.165) is 0 Å². The van der Waals surface area contributed by atoms with Gasteiger partial charge < -0.3 is 0 Å². The Hall–Kier alpha value is 0.669. The summed E-state index contributed by atoms with van der Waals surface area (Å²) in [5.74, 6) is 0. The van der Waals surface area contributed by atoms with Crippen molar-refractivity contribution >= 4 is 28.3 Å². The van der Waals surface area contributed by atoms with Gasteiger partial charge in [-0.05, 0) is 0 Å². The molecule has 0 rings (SSSR count). The Kier molecular flexibility index (Phi) is 2050. The van der Waals surface area contributed by atoms with Crippen LogP contribution in [0.15, 0.2) is 0 Å². The predicted molar refractivity (Wildman–Crippen MR) is 14.3 cm³/mol. The summed E-state index contributed by atoms with van der Waals surface area (Å²) in [6.07, 6.45) is 0. The summed E-state index contributed by atoms with van der Waals surface area (Å²) >= 11 is 0. The minimum absolute atomic E-state index is 0. The van der Waals surface area contributed by atoms with Gasteiger partial charge in [0, 0.05) is 40.0 Å². The highest BCUT2D eigenvalue weighted by Crippen LogP contribution is -0.119. The lowest BCUT2D eigenvalue weighted by atomic mass is 14.0. The standard InChI is InChI=1S/Al.N.O.Si. The highest BCUT2D eigenvalue weighted by Gasteiger charge is 0.00300. The molecule has 0 unspecified atom stereocenters. The Morgan fingerprint density at radius 3 is 1.00 bits per heavy atom. The summed E-state index contributed by atoms with van der Waals surface area (Å²) < 4.78 is 0. The average molecular weight is 85.1 g/mol. The zero-order chi connectivity index (χ0) is 0. The van der Waals surface area contributed by atoms with Crippen LogP contribution in [0.4, 0.5) is 0 Å². The lowest BCUT2D eigenvalue weighted by molar-refractivity contribution is 0.686. The average Bonchev–Trinajstić information content (AvgIpc) is 0. The van der Waals surface area contributed by atoms with E-state index in [9.17, 15) is 0 Å². The first kappa shape index (κ1) is 140. The third-order valence-corrected chi connectivity index (χ3v) is 0. The summed E-state index contributed by atoms with van der Waals surface area (Å²) in [6.45, 7) is 0.